The molecule has 4 N–H and O–H groups in total. The number of nitrogens with two attached hydrogens (primary N) is 1. The summed E-state index contributed by atoms with van der Waals surface area (Å²) in [7, 11) is -3.02. The summed E-state index contributed by atoms with van der Waals surface area (Å²) in [6, 6.07) is 10.1. The quantitative estimate of drug-likeness (QED) is 0.171. The van der Waals surface area contributed by atoms with E-state index in [4.69, 9.17) is 22.1 Å². The van der Waals surface area contributed by atoms with E-state index < -0.39 is 19.3 Å². The molecule has 0 radical (unpaired) electrons. The van der Waals surface area contributed by atoms with Crippen molar-refractivity contribution in [1.82, 2.24) is 9.97 Å². The zero-order valence-corrected chi connectivity index (χ0v) is 26.4. The van der Waals surface area contributed by atoms with Gasteiger partial charge in [0.2, 0.25) is 5.95 Å². The van der Waals surface area contributed by atoms with Gasteiger partial charge in [0, 0.05) is 23.6 Å². The van der Waals surface area contributed by atoms with E-state index in [1.165, 1.54) is 43.1 Å². The molecule has 1 aromatic heterocycles. The molecule has 1 saturated heterocycles. The monoisotopic (exact) mass is 651 g/mol. The first-order chi connectivity index (χ1) is 20.8. The third-order valence-corrected chi connectivity index (χ3v) is 9.99. The summed E-state index contributed by atoms with van der Waals surface area (Å²) in [6.45, 7) is 4.38. The summed E-state index contributed by atoms with van der Waals surface area (Å²) >= 11 is 6.37. The van der Waals surface area contributed by atoms with E-state index in [1.807, 2.05) is 6.07 Å². The molecule has 238 valence electrons. The number of nitrogens with one attached hydrogen (secondary N) is 2. The van der Waals surface area contributed by atoms with Gasteiger partial charge in [0.1, 0.15) is 17.9 Å². The van der Waals surface area contributed by atoms with Crippen molar-refractivity contribution >= 4 is 47.2 Å². The van der Waals surface area contributed by atoms with Crippen LogP contribution in [-0.2, 0) is 22.1 Å². The van der Waals surface area contributed by atoms with Crippen molar-refractivity contribution in [2.24, 2.45) is 17.6 Å². The molecule has 0 spiro atoms. The summed E-state index contributed by atoms with van der Waals surface area (Å²) in [5.41, 5.74) is 9.87. The summed E-state index contributed by atoms with van der Waals surface area (Å²) < 4.78 is 61.1. The average Bonchev–Trinajstić information content (AvgIpc) is 3.27. The van der Waals surface area contributed by atoms with Crippen LogP contribution < -0.4 is 26.4 Å². The first-order valence-corrected chi connectivity index (χ1v) is 17.8. The fraction of sp³-hybridized carbons (Fsp3) is 0.484. The van der Waals surface area contributed by atoms with Gasteiger partial charge in [0.25, 0.3) is 0 Å². The van der Waals surface area contributed by atoms with Gasteiger partial charge in [-0.25, -0.2) is 4.98 Å². The maximum Gasteiger partial charge on any atom is 0.573 e. The minimum Gasteiger partial charge on any atom is -0.406 e. The Morgan fingerprint density at radius 1 is 1.02 bits per heavy atom. The average molecular weight is 652 g/mol. The molecular formula is C31H38ClF3N5O3P. The predicted molar refractivity (Wildman–Crippen MR) is 169 cm³/mol. The molecule has 8 nitrogen and oxygen atoms in total. The van der Waals surface area contributed by atoms with E-state index in [2.05, 4.69) is 37.5 Å². The number of anilines is 4. The lowest BCUT2D eigenvalue weighted by Gasteiger charge is -2.20. The van der Waals surface area contributed by atoms with Crippen molar-refractivity contribution in [3.05, 3.63) is 58.7 Å². The second-order valence-corrected chi connectivity index (χ2v) is 15.7. The van der Waals surface area contributed by atoms with Gasteiger partial charge < -0.3 is 30.4 Å². The number of aromatic nitrogens is 2. The second kappa shape index (κ2) is 13.6. The first-order valence-electron chi connectivity index (χ1n) is 14.8. The van der Waals surface area contributed by atoms with Gasteiger partial charge in [-0.3, -0.25) is 0 Å². The highest BCUT2D eigenvalue weighted by atomic mass is 35.5. The van der Waals surface area contributed by atoms with Crippen molar-refractivity contribution in [3.63, 3.8) is 0 Å². The van der Waals surface area contributed by atoms with Crippen LogP contribution in [0.3, 0.4) is 0 Å². The van der Waals surface area contributed by atoms with Gasteiger partial charge in [-0.05, 0) is 112 Å². The summed E-state index contributed by atoms with van der Waals surface area (Å²) in [4.78, 5) is 8.81. The Morgan fingerprint density at radius 2 is 1.80 bits per heavy atom. The van der Waals surface area contributed by atoms with Crippen molar-refractivity contribution in [2.75, 3.05) is 37.2 Å². The Kier molecular flexibility index (Phi) is 10.1. The highest BCUT2D eigenvalue weighted by Gasteiger charge is 2.32. The standard InChI is InChI=1S/C31H38ClF3N5O3P/c1-44(2,41)28-15-25(43-31(33,34)35)11-12-27(28)39-29-26(32)16-37-30(40-29)38-24-10-8-21-6-3-19(4-7-22(21)14-24)13-20-5-9-23(36)18-42-17-20/h8,10-12,14-16,19-20,23H,3-7,9,13,17-18,36H2,1-2H3,(H2,37,38,39,40)/t19-,20?,23?/m0/s1. The van der Waals surface area contributed by atoms with Crippen LogP contribution in [0, 0.1) is 11.8 Å². The molecule has 1 aliphatic heterocycles. The lowest BCUT2D eigenvalue weighted by atomic mass is 9.86. The van der Waals surface area contributed by atoms with Gasteiger partial charge in [0.15, 0.2) is 5.82 Å². The summed E-state index contributed by atoms with van der Waals surface area (Å²) in [5.74, 6) is 1.25. The van der Waals surface area contributed by atoms with Crippen molar-refractivity contribution in [1.29, 1.82) is 0 Å². The third-order valence-electron chi connectivity index (χ3n) is 8.18. The van der Waals surface area contributed by atoms with Crippen LogP contribution in [0.2, 0.25) is 5.02 Å². The number of benzene rings is 2. The van der Waals surface area contributed by atoms with Crippen LogP contribution in [0.5, 0.6) is 5.75 Å². The highest BCUT2D eigenvalue weighted by molar-refractivity contribution is 7.70. The van der Waals surface area contributed by atoms with E-state index in [0.29, 0.717) is 24.1 Å². The lowest BCUT2D eigenvalue weighted by Crippen LogP contribution is -2.23. The number of hydrogen-bond acceptors (Lipinski definition) is 8. The van der Waals surface area contributed by atoms with Crippen LogP contribution in [-0.4, -0.2) is 48.9 Å². The van der Waals surface area contributed by atoms with Crippen LogP contribution in [0.1, 0.15) is 43.2 Å². The summed E-state index contributed by atoms with van der Waals surface area (Å²) in [6.07, 6.45) is 4.19. The van der Waals surface area contributed by atoms with Crippen LogP contribution >= 0.6 is 18.7 Å². The number of halogens is 4. The van der Waals surface area contributed by atoms with E-state index in [1.54, 1.807) is 0 Å². The molecule has 0 bridgehead atoms. The fourth-order valence-corrected chi connectivity index (χ4v) is 7.26. The van der Waals surface area contributed by atoms with Crippen LogP contribution in [0.15, 0.2) is 42.6 Å². The number of aryl methyl sites for hydroxylation is 2. The lowest BCUT2D eigenvalue weighted by molar-refractivity contribution is -0.274. The number of rotatable bonds is 8. The normalized spacial score (nSPS) is 21.1. The SMILES string of the molecule is CP(C)(=O)c1cc(OC(F)(F)F)ccc1Nc1nc(Nc2ccc3c(c2)CC[C@@H](CC2CCC(N)COC2)CC3)ncc1Cl. The smallest absolute Gasteiger partial charge is 0.406 e. The van der Waals surface area contributed by atoms with Gasteiger partial charge in [0.05, 0.1) is 18.5 Å². The van der Waals surface area contributed by atoms with Crippen molar-refractivity contribution in [2.45, 2.75) is 57.3 Å². The molecule has 1 fully saturated rings. The molecule has 0 amide bonds. The Balaban J connectivity index is 1.27. The Bertz CT molecular complexity index is 1520. The molecule has 3 atom stereocenters. The molecule has 44 heavy (non-hydrogen) atoms. The number of hydrogen-bond donors (Lipinski definition) is 3. The minimum atomic E-state index is -4.87. The summed E-state index contributed by atoms with van der Waals surface area (Å²) in [5, 5.41) is 6.62. The van der Waals surface area contributed by atoms with Crippen LogP contribution in [0.4, 0.5) is 36.3 Å². The third kappa shape index (κ3) is 8.87. The Morgan fingerprint density at radius 3 is 2.55 bits per heavy atom. The number of alkyl halides is 3. The molecule has 5 rings (SSSR count). The zero-order chi connectivity index (χ0) is 31.5. The maximum atomic E-state index is 13.0. The van der Waals surface area contributed by atoms with Crippen molar-refractivity contribution in [3.8, 4) is 5.75 Å². The molecule has 2 aliphatic rings. The predicted octanol–water partition coefficient (Wildman–Crippen LogP) is 7.40. The van der Waals surface area contributed by atoms with E-state index in [0.717, 1.165) is 63.0 Å². The zero-order valence-electron chi connectivity index (χ0n) is 24.8. The number of ether oxygens (including phenoxy) is 2. The van der Waals surface area contributed by atoms with E-state index in [-0.39, 0.29) is 28.1 Å². The molecular weight excluding hydrogens is 614 g/mol. The molecule has 13 heteroatoms. The molecule has 2 heterocycles. The molecule has 2 unspecified atom stereocenters. The van der Waals surface area contributed by atoms with Gasteiger partial charge >= 0.3 is 6.36 Å². The number of nitrogens with zero attached hydrogens (tertiary/aromatic N) is 2. The fourth-order valence-electron chi connectivity index (χ4n) is 5.97. The van der Waals surface area contributed by atoms with E-state index in [9.17, 15) is 17.7 Å². The molecule has 1 aliphatic carbocycles. The molecule has 2 aromatic carbocycles. The van der Waals surface area contributed by atoms with Gasteiger partial charge in [-0.2, -0.15) is 4.98 Å². The van der Waals surface area contributed by atoms with Crippen molar-refractivity contribution < 1.29 is 27.2 Å². The second-order valence-electron chi connectivity index (χ2n) is 12.1. The van der Waals surface area contributed by atoms with E-state index >= 15 is 0 Å². The first kappa shape index (κ1) is 32.5. The molecule has 0 saturated carbocycles. The Hall–Kier alpha value is -2.85. The van der Waals surface area contributed by atoms with Gasteiger partial charge in [-0.1, -0.05) is 17.7 Å². The largest absolute Gasteiger partial charge is 0.573 e. The highest BCUT2D eigenvalue weighted by Crippen LogP contribution is 2.41. The Labute approximate surface area is 260 Å². The van der Waals surface area contributed by atoms with Gasteiger partial charge in [-0.15, -0.1) is 13.2 Å². The maximum absolute atomic E-state index is 13.0. The molecule has 3 aromatic rings. The topological polar surface area (TPSA) is 111 Å². The minimum absolute atomic E-state index is 0.151. The van der Waals surface area contributed by atoms with Crippen LogP contribution in [0.25, 0.3) is 0 Å². The number of fused-ring (bicyclic) bond motifs is 1.